The van der Waals surface area contributed by atoms with Gasteiger partial charge >= 0.3 is 0 Å². The summed E-state index contributed by atoms with van der Waals surface area (Å²) < 4.78 is 0. The number of carbonyl (C=O) groups excluding carboxylic acids is 1. The third-order valence-electron chi connectivity index (χ3n) is 3.71. The number of phenols is 2. The highest BCUT2D eigenvalue weighted by atomic mass is 16.3. The van der Waals surface area contributed by atoms with Crippen molar-refractivity contribution in [3.63, 3.8) is 0 Å². The number of rotatable bonds is 1. The van der Waals surface area contributed by atoms with Gasteiger partial charge in [0, 0.05) is 0 Å². The summed E-state index contributed by atoms with van der Waals surface area (Å²) in [5, 5.41) is 18.1. The number of aromatic hydroxyl groups is 2. The molecule has 3 rings (SSSR count). The second-order valence-corrected chi connectivity index (χ2v) is 6.71. The minimum absolute atomic E-state index is 0.174. The number of phenolic OH excluding ortho intramolecular Hbond substituents is 2. The summed E-state index contributed by atoms with van der Waals surface area (Å²) in [5.74, 6) is 0.637. The summed E-state index contributed by atoms with van der Waals surface area (Å²) >= 11 is 0. The first-order valence-corrected chi connectivity index (χ1v) is 8.29. The average molecular weight is 350 g/mol. The molecule has 0 unspecified atom stereocenters. The number of hydrogen-bond donors (Lipinski definition) is 2. The Morgan fingerprint density at radius 1 is 0.615 bits per heavy atom. The van der Waals surface area contributed by atoms with Gasteiger partial charge in [0.05, 0.1) is 0 Å². The van der Waals surface area contributed by atoms with Crippen molar-refractivity contribution in [2.45, 2.75) is 26.2 Å². The SMILES string of the molecule is C=O.CC(C)(C)c1ccc(O)cc1.Oc1ccc(-c2ccccc2)cc1. The normalized spacial score (nSPS) is 9.96. The van der Waals surface area contributed by atoms with Gasteiger partial charge in [-0.15, -0.1) is 0 Å². The molecule has 0 heterocycles. The van der Waals surface area contributed by atoms with Crippen LogP contribution in [-0.4, -0.2) is 17.0 Å². The van der Waals surface area contributed by atoms with Crippen LogP contribution in [0.5, 0.6) is 11.5 Å². The minimum Gasteiger partial charge on any atom is -0.508 e. The standard InChI is InChI=1S/C12H10O.C10H14O.CH2O/c13-12-8-6-11(7-9-12)10-4-2-1-3-5-10;1-10(2,3)8-4-6-9(11)7-5-8;1-2/h1-9,13H;4-7,11H,1-3H3;1H2. The predicted octanol–water partition coefficient (Wildman–Crippen LogP) is 5.56. The molecule has 0 aromatic heterocycles. The first-order chi connectivity index (χ1) is 12.4. The van der Waals surface area contributed by atoms with E-state index in [-0.39, 0.29) is 5.41 Å². The Morgan fingerprint density at radius 2 is 1.00 bits per heavy atom. The van der Waals surface area contributed by atoms with Gasteiger partial charge in [0.2, 0.25) is 0 Å². The van der Waals surface area contributed by atoms with Crippen molar-refractivity contribution in [3.05, 3.63) is 84.4 Å². The maximum atomic E-state index is 9.10. The molecule has 3 aromatic carbocycles. The van der Waals surface area contributed by atoms with Gasteiger partial charge in [0.25, 0.3) is 0 Å². The van der Waals surface area contributed by atoms with Crippen LogP contribution in [0.2, 0.25) is 0 Å². The van der Waals surface area contributed by atoms with Crippen molar-refractivity contribution in [3.8, 4) is 22.6 Å². The van der Waals surface area contributed by atoms with Gasteiger partial charge in [-0.2, -0.15) is 0 Å². The van der Waals surface area contributed by atoms with E-state index in [2.05, 4.69) is 20.8 Å². The Bertz CT molecular complexity index is 755. The summed E-state index contributed by atoms with van der Waals surface area (Å²) in [7, 11) is 0. The lowest BCUT2D eigenvalue weighted by Crippen LogP contribution is -2.10. The summed E-state index contributed by atoms with van der Waals surface area (Å²) in [6, 6.07) is 24.7. The maximum Gasteiger partial charge on any atom is 0.115 e. The largest absolute Gasteiger partial charge is 0.508 e. The fourth-order valence-electron chi connectivity index (χ4n) is 2.25. The van der Waals surface area contributed by atoms with Gasteiger partial charge in [-0.05, 0) is 46.4 Å². The van der Waals surface area contributed by atoms with Crippen molar-refractivity contribution in [1.82, 2.24) is 0 Å². The molecule has 0 spiro atoms. The molecule has 26 heavy (non-hydrogen) atoms. The molecular weight excluding hydrogens is 324 g/mol. The zero-order valence-corrected chi connectivity index (χ0v) is 15.5. The summed E-state index contributed by atoms with van der Waals surface area (Å²) in [6.45, 7) is 8.46. The van der Waals surface area contributed by atoms with Gasteiger partial charge in [0.1, 0.15) is 18.3 Å². The van der Waals surface area contributed by atoms with E-state index in [4.69, 9.17) is 15.0 Å². The lowest BCUT2D eigenvalue weighted by Gasteiger charge is -2.18. The molecule has 0 aliphatic carbocycles. The van der Waals surface area contributed by atoms with E-state index in [0.29, 0.717) is 11.5 Å². The fourth-order valence-corrected chi connectivity index (χ4v) is 2.25. The molecule has 0 aliphatic rings. The van der Waals surface area contributed by atoms with Crippen LogP contribution in [0.1, 0.15) is 26.3 Å². The van der Waals surface area contributed by atoms with Crippen molar-refractivity contribution in [2.75, 3.05) is 0 Å². The quantitative estimate of drug-likeness (QED) is 0.604. The molecule has 0 aliphatic heterocycles. The van der Waals surface area contributed by atoms with Crippen molar-refractivity contribution >= 4 is 6.79 Å². The van der Waals surface area contributed by atoms with Crippen LogP contribution in [-0.2, 0) is 10.2 Å². The van der Waals surface area contributed by atoms with E-state index >= 15 is 0 Å². The van der Waals surface area contributed by atoms with E-state index < -0.39 is 0 Å². The highest BCUT2D eigenvalue weighted by molar-refractivity contribution is 5.63. The van der Waals surface area contributed by atoms with Crippen LogP contribution in [0, 0.1) is 0 Å². The van der Waals surface area contributed by atoms with Gasteiger partial charge in [-0.1, -0.05) is 75.4 Å². The molecule has 2 N–H and O–H groups in total. The van der Waals surface area contributed by atoms with Crippen molar-refractivity contribution < 1.29 is 15.0 Å². The van der Waals surface area contributed by atoms with Crippen LogP contribution < -0.4 is 0 Å². The topological polar surface area (TPSA) is 57.5 Å². The maximum absolute atomic E-state index is 9.10. The Balaban J connectivity index is 0.000000241. The van der Waals surface area contributed by atoms with Gasteiger partial charge in [-0.25, -0.2) is 0 Å². The zero-order valence-electron chi connectivity index (χ0n) is 15.5. The zero-order chi connectivity index (χ0) is 19.6. The number of benzene rings is 3. The summed E-state index contributed by atoms with van der Waals surface area (Å²) in [5.41, 5.74) is 3.71. The Labute approximate surface area is 155 Å². The van der Waals surface area contributed by atoms with Crippen LogP contribution in [0.3, 0.4) is 0 Å². The van der Waals surface area contributed by atoms with Gasteiger partial charge < -0.3 is 15.0 Å². The third kappa shape index (κ3) is 6.81. The lowest BCUT2D eigenvalue weighted by atomic mass is 9.87. The first kappa shape index (κ1) is 21.0. The highest BCUT2D eigenvalue weighted by Gasteiger charge is 2.12. The number of carbonyl (C=O) groups is 1. The van der Waals surface area contributed by atoms with Crippen molar-refractivity contribution in [1.29, 1.82) is 0 Å². The van der Waals surface area contributed by atoms with Gasteiger partial charge in [-0.3, -0.25) is 0 Å². The molecule has 136 valence electrons. The van der Waals surface area contributed by atoms with E-state index in [1.54, 1.807) is 24.3 Å². The molecule has 0 amide bonds. The van der Waals surface area contributed by atoms with E-state index in [0.717, 1.165) is 5.56 Å². The van der Waals surface area contributed by atoms with Crippen LogP contribution in [0.15, 0.2) is 78.9 Å². The van der Waals surface area contributed by atoms with E-state index in [1.807, 2.05) is 61.4 Å². The molecule has 0 bridgehead atoms. The molecule has 0 saturated heterocycles. The molecule has 0 saturated carbocycles. The third-order valence-corrected chi connectivity index (χ3v) is 3.71. The molecular formula is C23H26O3. The average Bonchev–Trinajstić information content (AvgIpc) is 2.65. The van der Waals surface area contributed by atoms with Gasteiger partial charge in [0.15, 0.2) is 0 Å². The molecule has 3 heteroatoms. The van der Waals surface area contributed by atoms with E-state index in [9.17, 15) is 0 Å². The first-order valence-electron chi connectivity index (χ1n) is 8.29. The summed E-state index contributed by atoms with van der Waals surface area (Å²) in [6.07, 6.45) is 0. The highest BCUT2D eigenvalue weighted by Crippen LogP contribution is 2.23. The second-order valence-electron chi connectivity index (χ2n) is 6.71. The molecule has 0 radical (unpaired) electrons. The molecule has 3 nitrogen and oxygen atoms in total. The smallest absolute Gasteiger partial charge is 0.115 e. The molecule has 0 fully saturated rings. The van der Waals surface area contributed by atoms with Crippen LogP contribution >= 0.6 is 0 Å². The molecule has 0 atom stereocenters. The molecule has 3 aromatic rings. The fraction of sp³-hybridized carbons (Fsp3) is 0.174. The van der Waals surface area contributed by atoms with Crippen LogP contribution in [0.4, 0.5) is 0 Å². The van der Waals surface area contributed by atoms with Crippen molar-refractivity contribution in [2.24, 2.45) is 0 Å². The predicted molar refractivity (Wildman–Crippen MR) is 107 cm³/mol. The Kier molecular flexibility index (Phi) is 8.10. The van der Waals surface area contributed by atoms with Crippen LogP contribution in [0.25, 0.3) is 11.1 Å². The number of hydrogen-bond acceptors (Lipinski definition) is 3. The second kappa shape index (κ2) is 10.0. The van der Waals surface area contributed by atoms with E-state index in [1.165, 1.54) is 11.1 Å². The summed E-state index contributed by atoms with van der Waals surface area (Å²) in [4.78, 5) is 8.00. The Hall–Kier alpha value is -3.07. The monoisotopic (exact) mass is 350 g/mol. The lowest BCUT2D eigenvalue weighted by molar-refractivity contribution is -0.0979. The minimum atomic E-state index is 0.174. The Morgan fingerprint density at radius 3 is 1.42 bits per heavy atom.